The average Bonchev–Trinajstić information content (AvgIpc) is 3.33. The molecule has 3 N–H and O–H groups in total. The number of nitrogens with zero attached hydrogens (tertiary/aromatic N) is 4. The lowest BCUT2D eigenvalue weighted by molar-refractivity contribution is -0.167. The number of nitrogens with one attached hydrogen (secondary N) is 3. The standard InChI is InChI=1S/C26H32F3N7O/c27-26(28,29)23(18-14-36(15-18)20-5-7-30-8-6-20)33-19-3-1-17(2-4-19)22-13-21-24(34-22)31-16-32-25(21)35-9-11-37-12-10-35/h1-4,13,16,18,20,23,30,33H,5-12,14-15H2,(H,31,32,34). The van der Waals surface area contributed by atoms with Crippen LogP contribution in [0.1, 0.15) is 12.8 Å². The summed E-state index contributed by atoms with van der Waals surface area (Å²) in [7, 11) is 0. The van der Waals surface area contributed by atoms with Crippen molar-refractivity contribution in [2.75, 3.05) is 62.7 Å². The first-order valence-corrected chi connectivity index (χ1v) is 13.0. The van der Waals surface area contributed by atoms with E-state index >= 15 is 0 Å². The van der Waals surface area contributed by atoms with Crippen LogP contribution in [0.5, 0.6) is 0 Å². The number of likely N-dealkylation sites (tertiary alicyclic amines) is 1. The maximum absolute atomic E-state index is 14.0. The number of rotatable bonds is 6. The Labute approximate surface area is 213 Å². The Balaban J connectivity index is 1.15. The fourth-order valence-corrected chi connectivity index (χ4v) is 5.73. The summed E-state index contributed by atoms with van der Waals surface area (Å²) >= 11 is 0. The topological polar surface area (TPSA) is 81.3 Å². The number of H-pyrrole nitrogens is 1. The van der Waals surface area contributed by atoms with Crippen molar-refractivity contribution in [1.29, 1.82) is 0 Å². The number of fused-ring (bicyclic) bond motifs is 1. The van der Waals surface area contributed by atoms with E-state index in [1.54, 1.807) is 18.5 Å². The van der Waals surface area contributed by atoms with Crippen LogP contribution in [-0.4, -0.2) is 90.6 Å². The number of anilines is 2. The summed E-state index contributed by atoms with van der Waals surface area (Å²) in [5.74, 6) is 0.418. The fourth-order valence-electron chi connectivity index (χ4n) is 5.73. The Kier molecular flexibility index (Phi) is 6.68. The van der Waals surface area contributed by atoms with Crippen molar-refractivity contribution in [3.05, 3.63) is 36.7 Å². The molecule has 1 aromatic carbocycles. The van der Waals surface area contributed by atoms with E-state index in [0.717, 1.165) is 67.1 Å². The lowest BCUT2D eigenvalue weighted by atomic mass is 9.87. The number of aromatic amines is 1. The number of ether oxygens (including phenoxy) is 1. The number of aromatic nitrogens is 3. The maximum atomic E-state index is 14.0. The molecule has 5 heterocycles. The molecule has 3 aromatic rings. The number of halogens is 3. The van der Waals surface area contributed by atoms with E-state index in [1.807, 2.05) is 18.2 Å². The molecule has 2 aromatic heterocycles. The molecule has 198 valence electrons. The second-order valence-electron chi connectivity index (χ2n) is 10.2. The van der Waals surface area contributed by atoms with Crippen LogP contribution in [-0.2, 0) is 4.74 Å². The van der Waals surface area contributed by atoms with Gasteiger partial charge in [-0.05, 0) is 49.7 Å². The highest BCUT2D eigenvalue weighted by Gasteiger charge is 2.49. The summed E-state index contributed by atoms with van der Waals surface area (Å²) in [6.45, 7) is 5.71. The van der Waals surface area contributed by atoms with Gasteiger partial charge in [0.05, 0.1) is 18.6 Å². The molecule has 37 heavy (non-hydrogen) atoms. The second-order valence-corrected chi connectivity index (χ2v) is 10.2. The highest BCUT2D eigenvalue weighted by Crippen LogP contribution is 2.36. The van der Waals surface area contributed by atoms with E-state index in [2.05, 4.69) is 35.4 Å². The molecule has 0 radical (unpaired) electrons. The van der Waals surface area contributed by atoms with Gasteiger partial charge in [0.15, 0.2) is 0 Å². The molecule has 1 atom stereocenters. The first-order chi connectivity index (χ1) is 18.0. The molecule has 3 aliphatic rings. The molecule has 3 aliphatic heterocycles. The van der Waals surface area contributed by atoms with Crippen LogP contribution in [0.2, 0.25) is 0 Å². The van der Waals surface area contributed by atoms with Gasteiger partial charge in [-0.2, -0.15) is 13.2 Å². The van der Waals surface area contributed by atoms with E-state index in [-0.39, 0.29) is 0 Å². The average molecular weight is 516 g/mol. The molecule has 0 amide bonds. The SMILES string of the molecule is FC(F)(F)C(Nc1ccc(-c2cc3c(N4CCOCC4)ncnc3[nH]2)cc1)C1CN(C2CCNCC2)C1. The molecule has 1 unspecified atom stereocenters. The number of hydrogen-bond donors (Lipinski definition) is 3. The van der Waals surface area contributed by atoms with Gasteiger partial charge in [-0.15, -0.1) is 0 Å². The van der Waals surface area contributed by atoms with Gasteiger partial charge in [0.1, 0.15) is 23.8 Å². The number of morpholine rings is 1. The lowest BCUT2D eigenvalue weighted by Crippen LogP contribution is -2.61. The third kappa shape index (κ3) is 5.12. The quantitative estimate of drug-likeness (QED) is 0.464. The number of piperidine rings is 1. The molecule has 11 heteroatoms. The van der Waals surface area contributed by atoms with Gasteiger partial charge >= 0.3 is 6.18 Å². The monoisotopic (exact) mass is 515 g/mol. The van der Waals surface area contributed by atoms with Gasteiger partial charge in [0.2, 0.25) is 0 Å². The van der Waals surface area contributed by atoms with Crippen LogP contribution in [0.25, 0.3) is 22.3 Å². The number of benzene rings is 1. The van der Waals surface area contributed by atoms with Gasteiger partial charge < -0.3 is 25.3 Å². The van der Waals surface area contributed by atoms with Crippen LogP contribution in [0.15, 0.2) is 36.7 Å². The molecule has 0 bridgehead atoms. The lowest BCUT2D eigenvalue weighted by Gasteiger charge is -2.49. The van der Waals surface area contributed by atoms with Crippen molar-refractivity contribution in [1.82, 2.24) is 25.2 Å². The van der Waals surface area contributed by atoms with Crippen molar-refractivity contribution in [2.24, 2.45) is 5.92 Å². The van der Waals surface area contributed by atoms with Gasteiger partial charge in [0, 0.05) is 49.5 Å². The zero-order chi connectivity index (χ0) is 25.4. The third-order valence-electron chi connectivity index (χ3n) is 7.82. The largest absolute Gasteiger partial charge is 0.408 e. The highest BCUT2D eigenvalue weighted by atomic mass is 19.4. The van der Waals surface area contributed by atoms with Crippen molar-refractivity contribution in [2.45, 2.75) is 31.1 Å². The summed E-state index contributed by atoms with van der Waals surface area (Å²) in [5.41, 5.74) is 2.92. The van der Waals surface area contributed by atoms with Crippen LogP contribution in [0.3, 0.4) is 0 Å². The van der Waals surface area contributed by atoms with Gasteiger partial charge in [-0.1, -0.05) is 12.1 Å². The van der Waals surface area contributed by atoms with Crippen molar-refractivity contribution >= 4 is 22.5 Å². The molecule has 0 spiro atoms. The first-order valence-electron chi connectivity index (χ1n) is 13.0. The first kappa shape index (κ1) is 24.4. The smallest absolute Gasteiger partial charge is 0.378 e. The predicted molar refractivity (Wildman–Crippen MR) is 137 cm³/mol. The Morgan fingerprint density at radius 3 is 2.46 bits per heavy atom. The Morgan fingerprint density at radius 1 is 1.03 bits per heavy atom. The minimum absolute atomic E-state index is 0.399. The van der Waals surface area contributed by atoms with Crippen molar-refractivity contribution < 1.29 is 17.9 Å². The molecule has 0 aliphatic carbocycles. The normalized spacial score (nSPS) is 21.2. The van der Waals surface area contributed by atoms with Gasteiger partial charge in [-0.25, -0.2) is 9.97 Å². The highest BCUT2D eigenvalue weighted by molar-refractivity contribution is 5.92. The van der Waals surface area contributed by atoms with Crippen LogP contribution in [0, 0.1) is 5.92 Å². The van der Waals surface area contributed by atoms with E-state index < -0.39 is 18.1 Å². The molecule has 0 saturated carbocycles. The summed E-state index contributed by atoms with van der Waals surface area (Å²) in [4.78, 5) is 16.6. The molecule has 6 rings (SSSR count). The minimum atomic E-state index is -4.31. The number of alkyl halides is 3. The molecular formula is C26H32F3N7O. The Bertz CT molecular complexity index is 1200. The molecular weight excluding hydrogens is 483 g/mol. The van der Waals surface area contributed by atoms with E-state index in [1.165, 1.54) is 0 Å². The van der Waals surface area contributed by atoms with Gasteiger partial charge in [0.25, 0.3) is 0 Å². The summed E-state index contributed by atoms with van der Waals surface area (Å²) in [6.07, 6.45) is -0.753. The molecule has 3 saturated heterocycles. The van der Waals surface area contributed by atoms with Crippen LogP contribution >= 0.6 is 0 Å². The van der Waals surface area contributed by atoms with Crippen LogP contribution < -0.4 is 15.5 Å². The van der Waals surface area contributed by atoms with E-state index in [9.17, 15) is 13.2 Å². The van der Waals surface area contributed by atoms with Crippen molar-refractivity contribution in [3.8, 4) is 11.3 Å². The van der Waals surface area contributed by atoms with Gasteiger partial charge in [-0.3, -0.25) is 4.90 Å². The Morgan fingerprint density at radius 2 is 1.76 bits per heavy atom. The minimum Gasteiger partial charge on any atom is -0.378 e. The van der Waals surface area contributed by atoms with Crippen LogP contribution in [0.4, 0.5) is 24.7 Å². The maximum Gasteiger partial charge on any atom is 0.408 e. The van der Waals surface area contributed by atoms with Crippen molar-refractivity contribution in [3.63, 3.8) is 0 Å². The number of hydrogen-bond acceptors (Lipinski definition) is 7. The molecule has 8 nitrogen and oxygen atoms in total. The van der Waals surface area contributed by atoms with E-state index in [4.69, 9.17) is 4.74 Å². The third-order valence-corrected chi connectivity index (χ3v) is 7.82. The summed E-state index contributed by atoms with van der Waals surface area (Å²) in [6, 6.07) is 7.96. The zero-order valence-electron chi connectivity index (χ0n) is 20.6. The van der Waals surface area contributed by atoms with E-state index in [0.29, 0.717) is 38.0 Å². The Hall–Kier alpha value is -2.89. The summed E-state index contributed by atoms with van der Waals surface area (Å²) < 4.78 is 47.4. The fraction of sp³-hybridized carbons (Fsp3) is 0.538. The zero-order valence-corrected chi connectivity index (χ0v) is 20.6. The predicted octanol–water partition coefficient (Wildman–Crippen LogP) is 3.49. The summed E-state index contributed by atoms with van der Waals surface area (Å²) in [5, 5.41) is 7.02. The molecule has 3 fully saturated rings. The second kappa shape index (κ2) is 10.1.